The van der Waals surface area contributed by atoms with Gasteiger partial charge in [-0.3, -0.25) is 9.59 Å². The van der Waals surface area contributed by atoms with Crippen molar-refractivity contribution < 1.29 is 9.59 Å². The molecule has 0 radical (unpaired) electrons. The molecule has 2 amide bonds. The average Bonchev–Trinajstić information content (AvgIpc) is 2.69. The monoisotopic (exact) mass is 411 g/mol. The Morgan fingerprint density at radius 3 is 2.50 bits per heavy atom. The van der Waals surface area contributed by atoms with E-state index in [2.05, 4.69) is 15.6 Å². The number of thioether (sulfide) groups is 1. The predicted octanol–water partition coefficient (Wildman–Crippen LogP) is 5.03. The van der Waals surface area contributed by atoms with Gasteiger partial charge < -0.3 is 10.6 Å². The summed E-state index contributed by atoms with van der Waals surface area (Å²) in [6.45, 7) is 1.95. The van der Waals surface area contributed by atoms with Crippen molar-refractivity contribution in [1.29, 1.82) is 0 Å². The Morgan fingerprint density at radius 1 is 1.04 bits per heavy atom. The molecule has 0 aliphatic heterocycles. The summed E-state index contributed by atoms with van der Waals surface area (Å²) in [5, 5.41) is 6.10. The summed E-state index contributed by atoms with van der Waals surface area (Å²) < 4.78 is 0. The molecule has 7 heteroatoms. The van der Waals surface area contributed by atoms with Crippen LogP contribution < -0.4 is 10.6 Å². The van der Waals surface area contributed by atoms with E-state index in [-0.39, 0.29) is 17.6 Å². The number of nitrogens with zero attached hydrogens (tertiary/aromatic N) is 1. The number of anilines is 2. The number of aromatic nitrogens is 1. The fourth-order valence-electron chi connectivity index (χ4n) is 2.40. The number of amides is 2. The highest BCUT2D eigenvalue weighted by molar-refractivity contribution is 8.00. The fourth-order valence-corrected chi connectivity index (χ4v) is 3.21. The van der Waals surface area contributed by atoms with Crippen molar-refractivity contribution in [2.24, 2.45) is 0 Å². The summed E-state index contributed by atoms with van der Waals surface area (Å²) in [6, 6.07) is 18.1. The number of aryl methyl sites for hydroxylation is 1. The normalized spacial score (nSPS) is 10.4. The molecule has 0 unspecified atom stereocenters. The lowest BCUT2D eigenvalue weighted by Gasteiger charge is -2.07. The van der Waals surface area contributed by atoms with Crippen molar-refractivity contribution in [1.82, 2.24) is 4.98 Å². The fraction of sp³-hybridized carbons (Fsp3) is 0.0952. The number of halogens is 1. The second-order valence-electron chi connectivity index (χ2n) is 6.05. The number of hydrogen-bond acceptors (Lipinski definition) is 4. The third-order valence-corrected chi connectivity index (χ3v) is 4.99. The molecule has 1 aromatic heterocycles. The zero-order valence-electron chi connectivity index (χ0n) is 15.1. The van der Waals surface area contributed by atoms with Crippen molar-refractivity contribution in [3.63, 3.8) is 0 Å². The largest absolute Gasteiger partial charge is 0.322 e. The first kappa shape index (κ1) is 19.9. The van der Waals surface area contributed by atoms with Crippen LogP contribution in [-0.4, -0.2) is 22.6 Å². The molecule has 0 aliphatic rings. The second kappa shape index (κ2) is 9.39. The highest BCUT2D eigenvalue weighted by atomic mass is 35.5. The Bertz CT molecular complexity index is 976. The Labute approximate surface area is 172 Å². The van der Waals surface area contributed by atoms with Crippen molar-refractivity contribution >= 4 is 46.7 Å². The number of pyridine rings is 1. The SMILES string of the molecule is Cc1cccc(C(=O)Nc2ccc(SCC(=O)Nc3ccc(Cl)cn3)cc2)c1. The zero-order chi connectivity index (χ0) is 19.9. The van der Waals surface area contributed by atoms with E-state index < -0.39 is 0 Å². The molecule has 2 N–H and O–H groups in total. The van der Waals surface area contributed by atoms with Gasteiger partial charge in [0.1, 0.15) is 5.82 Å². The van der Waals surface area contributed by atoms with Crippen LogP contribution in [0.1, 0.15) is 15.9 Å². The minimum Gasteiger partial charge on any atom is -0.322 e. The van der Waals surface area contributed by atoms with E-state index in [9.17, 15) is 9.59 Å². The van der Waals surface area contributed by atoms with Gasteiger partial charge in [-0.05, 0) is 55.5 Å². The van der Waals surface area contributed by atoms with Crippen LogP contribution in [0.5, 0.6) is 0 Å². The summed E-state index contributed by atoms with van der Waals surface area (Å²) in [7, 11) is 0. The summed E-state index contributed by atoms with van der Waals surface area (Å²) in [5.41, 5.74) is 2.35. The van der Waals surface area contributed by atoms with Gasteiger partial charge in [0.25, 0.3) is 5.91 Å². The zero-order valence-corrected chi connectivity index (χ0v) is 16.7. The van der Waals surface area contributed by atoms with E-state index in [1.807, 2.05) is 49.4 Å². The van der Waals surface area contributed by atoms with Crippen LogP contribution in [0.25, 0.3) is 0 Å². The molecule has 1 heterocycles. The maximum Gasteiger partial charge on any atom is 0.255 e. The Hall–Kier alpha value is -2.83. The van der Waals surface area contributed by atoms with Crippen molar-refractivity contribution in [3.05, 3.63) is 83.0 Å². The van der Waals surface area contributed by atoms with E-state index in [1.54, 1.807) is 18.2 Å². The highest BCUT2D eigenvalue weighted by Crippen LogP contribution is 2.21. The van der Waals surface area contributed by atoms with E-state index in [0.29, 0.717) is 22.1 Å². The Balaban J connectivity index is 1.50. The molecule has 5 nitrogen and oxygen atoms in total. The molecule has 142 valence electrons. The van der Waals surface area contributed by atoms with Crippen LogP contribution in [0.15, 0.2) is 71.8 Å². The molecule has 28 heavy (non-hydrogen) atoms. The molecule has 2 aromatic carbocycles. The minimum absolute atomic E-state index is 0.154. The van der Waals surface area contributed by atoms with Crippen LogP contribution in [0, 0.1) is 6.92 Å². The molecule has 0 bridgehead atoms. The van der Waals surface area contributed by atoms with Crippen LogP contribution in [-0.2, 0) is 4.79 Å². The lowest BCUT2D eigenvalue weighted by molar-refractivity contribution is -0.113. The molecule has 0 fully saturated rings. The van der Waals surface area contributed by atoms with Gasteiger partial charge in [0, 0.05) is 22.3 Å². The smallest absolute Gasteiger partial charge is 0.255 e. The first-order chi connectivity index (χ1) is 13.5. The van der Waals surface area contributed by atoms with E-state index in [0.717, 1.165) is 10.5 Å². The van der Waals surface area contributed by atoms with Crippen LogP contribution >= 0.6 is 23.4 Å². The van der Waals surface area contributed by atoms with Gasteiger partial charge in [0.15, 0.2) is 0 Å². The third-order valence-electron chi connectivity index (χ3n) is 3.76. The first-order valence-corrected chi connectivity index (χ1v) is 9.88. The van der Waals surface area contributed by atoms with Gasteiger partial charge >= 0.3 is 0 Å². The maximum atomic E-state index is 12.3. The summed E-state index contributed by atoms with van der Waals surface area (Å²) >= 11 is 7.17. The third kappa shape index (κ3) is 5.84. The molecule has 0 atom stereocenters. The second-order valence-corrected chi connectivity index (χ2v) is 7.53. The molecule has 0 spiro atoms. The molecule has 0 aliphatic carbocycles. The number of nitrogens with one attached hydrogen (secondary N) is 2. The number of carbonyl (C=O) groups is 2. The van der Waals surface area contributed by atoms with E-state index in [1.165, 1.54) is 18.0 Å². The number of carbonyl (C=O) groups excluding carboxylic acids is 2. The number of benzene rings is 2. The first-order valence-electron chi connectivity index (χ1n) is 8.52. The van der Waals surface area contributed by atoms with Crippen LogP contribution in [0.2, 0.25) is 5.02 Å². The molecule has 3 rings (SSSR count). The molecular formula is C21H18ClN3O2S. The van der Waals surface area contributed by atoms with Gasteiger partial charge in [-0.1, -0.05) is 29.3 Å². The minimum atomic E-state index is -0.156. The van der Waals surface area contributed by atoms with Crippen molar-refractivity contribution in [3.8, 4) is 0 Å². The van der Waals surface area contributed by atoms with E-state index >= 15 is 0 Å². The van der Waals surface area contributed by atoms with Crippen molar-refractivity contribution in [2.75, 3.05) is 16.4 Å². The molecule has 3 aromatic rings. The quantitative estimate of drug-likeness (QED) is 0.558. The van der Waals surface area contributed by atoms with Crippen LogP contribution in [0.4, 0.5) is 11.5 Å². The highest BCUT2D eigenvalue weighted by Gasteiger charge is 2.07. The summed E-state index contributed by atoms with van der Waals surface area (Å²) in [6.07, 6.45) is 1.48. The van der Waals surface area contributed by atoms with Gasteiger partial charge in [-0.25, -0.2) is 4.98 Å². The topological polar surface area (TPSA) is 71.1 Å². The molecule has 0 saturated heterocycles. The van der Waals surface area contributed by atoms with Crippen molar-refractivity contribution in [2.45, 2.75) is 11.8 Å². The molecule has 0 saturated carbocycles. The van der Waals surface area contributed by atoms with E-state index in [4.69, 9.17) is 11.6 Å². The molecular weight excluding hydrogens is 394 g/mol. The lowest BCUT2D eigenvalue weighted by Crippen LogP contribution is -2.14. The number of hydrogen-bond donors (Lipinski definition) is 2. The van der Waals surface area contributed by atoms with Gasteiger partial charge in [-0.2, -0.15) is 0 Å². The van der Waals surface area contributed by atoms with Gasteiger partial charge in [0.05, 0.1) is 10.8 Å². The summed E-state index contributed by atoms with van der Waals surface area (Å²) in [4.78, 5) is 29.2. The van der Waals surface area contributed by atoms with Gasteiger partial charge in [0.2, 0.25) is 5.91 Å². The number of rotatable bonds is 6. The van der Waals surface area contributed by atoms with Crippen LogP contribution in [0.3, 0.4) is 0 Å². The standard InChI is InChI=1S/C21H18ClN3O2S/c1-14-3-2-4-15(11-14)21(27)24-17-6-8-18(9-7-17)28-13-20(26)25-19-10-5-16(22)12-23-19/h2-12H,13H2,1H3,(H,24,27)(H,23,25,26). The predicted molar refractivity (Wildman–Crippen MR) is 114 cm³/mol. The maximum absolute atomic E-state index is 12.3. The lowest BCUT2D eigenvalue weighted by atomic mass is 10.1. The Kier molecular flexibility index (Phi) is 6.68. The average molecular weight is 412 g/mol. The van der Waals surface area contributed by atoms with Gasteiger partial charge in [-0.15, -0.1) is 11.8 Å². The Morgan fingerprint density at radius 2 is 1.82 bits per heavy atom. The summed E-state index contributed by atoms with van der Waals surface area (Å²) in [5.74, 6) is 0.402.